The third-order valence-corrected chi connectivity index (χ3v) is 12.2. The highest BCUT2D eigenvalue weighted by Gasteiger charge is 2.30. The highest BCUT2D eigenvalue weighted by Crippen LogP contribution is 2.36. The first-order valence-electron chi connectivity index (χ1n) is 22.2. The number of aromatic nitrogens is 2. The first-order valence-corrected chi connectivity index (χ1v) is 22.6. The summed E-state index contributed by atoms with van der Waals surface area (Å²) < 4.78 is 14.7. The van der Waals surface area contributed by atoms with E-state index >= 15 is 0 Å². The second kappa shape index (κ2) is 22.3. The lowest BCUT2D eigenvalue weighted by molar-refractivity contribution is 0.00232. The van der Waals surface area contributed by atoms with Crippen LogP contribution in [-0.2, 0) is 29.7 Å². The Morgan fingerprint density at radius 3 is 2.11 bits per heavy atom. The molecule has 0 saturated carbocycles. The van der Waals surface area contributed by atoms with Crippen LogP contribution < -0.4 is 5.32 Å². The average Bonchev–Trinajstić information content (AvgIpc) is 4.03. The van der Waals surface area contributed by atoms with E-state index in [2.05, 4.69) is 74.8 Å². The minimum atomic E-state index is -0.491. The number of aryl methyl sites for hydroxylation is 1. The summed E-state index contributed by atoms with van der Waals surface area (Å²) in [4.78, 5) is 23.9. The maximum atomic E-state index is 13.1. The van der Waals surface area contributed by atoms with Gasteiger partial charge in [0.05, 0.1) is 96.9 Å². The lowest BCUT2D eigenvalue weighted by Gasteiger charge is -2.30. The maximum absolute atomic E-state index is 13.1. The van der Waals surface area contributed by atoms with Gasteiger partial charge < -0.3 is 24.3 Å². The van der Waals surface area contributed by atoms with Gasteiger partial charge in [0.1, 0.15) is 12.2 Å². The monoisotopic (exact) mass is 937 g/mol. The van der Waals surface area contributed by atoms with Gasteiger partial charge in [0.25, 0.3) is 5.91 Å². The van der Waals surface area contributed by atoms with Crippen LogP contribution >= 0.6 is 11.6 Å². The van der Waals surface area contributed by atoms with Crippen molar-refractivity contribution in [1.29, 1.82) is 21.0 Å². The zero-order chi connectivity index (χ0) is 49.0. The van der Waals surface area contributed by atoms with Crippen molar-refractivity contribution in [3.8, 4) is 35.4 Å². The fraction of sp³-hybridized carbons (Fsp3) is 0.140. The second-order valence-corrected chi connectivity index (χ2v) is 16.9. The average molecular weight is 938 g/mol. The molecule has 0 bridgehead atoms. The number of amides is 1. The summed E-state index contributed by atoms with van der Waals surface area (Å²) in [5.41, 5.74) is 9.23. The third kappa shape index (κ3) is 11.1. The Bertz CT molecular complexity index is 3370. The Morgan fingerprint density at radius 1 is 0.729 bits per heavy atom. The predicted octanol–water partition coefficient (Wildman–Crippen LogP) is 11.2. The Hall–Kier alpha value is -8.88. The quantitative estimate of drug-likeness (QED) is 0.118. The van der Waals surface area contributed by atoms with Crippen molar-refractivity contribution in [3.05, 3.63) is 225 Å². The number of fused-ring (bicyclic) bond motifs is 1. The highest BCUT2D eigenvalue weighted by atomic mass is 35.5. The SMILES string of the molecule is CN1C=NCC1C(OCc1ccc(C#N)cc1)c1ccc(C#N)c(-c2cccc3ccccc23)c1.Cn1cncc1C(OCc1ccc(C#N)cc1C(=O)Nc1cccc(Cl)c1)c1ccc(C#N)cc1. The van der Waals surface area contributed by atoms with E-state index in [0.717, 1.165) is 44.3 Å². The number of carbonyl (C=O) groups is 1. The van der Waals surface area contributed by atoms with Crippen LogP contribution in [0.1, 0.15) is 72.8 Å². The molecule has 8 aromatic rings. The van der Waals surface area contributed by atoms with Crippen LogP contribution in [0.2, 0.25) is 5.02 Å². The molecule has 9 rings (SSSR count). The minimum Gasteiger partial charge on any atom is -0.367 e. The van der Waals surface area contributed by atoms with Crippen molar-refractivity contribution in [3.63, 3.8) is 0 Å². The lowest BCUT2D eigenvalue weighted by Crippen LogP contribution is -2.35. The fourth-order valence-electron chi connectivity index (χ4n) is 8.24. The number of carbonyl (C=O) groups excluding carboxylic acids is 1. The van der Waals surface area contributed by atoms with Crippen LogP contribution in [0.3, 0.4) is 0 Å². The maximum Gasteiger partial charge on any atom is 0.256 e. The smallest absolute Gasteiger partial charge is 0.256 e. The number of halogens is 1. The molecule has 3 atom stereocenters. The van der Waals surface area contributed by atoms with E-state index in [9.17, 15) is 15.3 Å². The number of rotatable bonds is 13. The van der Waals surface area contributed by atoms with Crippen LogP contribution in [0.4, 0.5) is 5.69 Å². The number of likely N-dealkylation sites (N-methyl/N-ethyl adjacent to an activating group) is 1. The van der Waals surface area contributed by atoms with Gasteiger partial charge in [-0.05, 0) is 105 Å². The van der Waals surface area contributed by atoms with Gasteiger partial charge in [0.15, 0.2) is 0 Å². The zero-order valence-electron chi connectivity index (χ0n) is 38.2. The van der Waals surface area contributed by atoms with Crippen molar-refractivity contribution in [1.82, 2.24) is 14.5 Å². The molecule has 1 aliphatic rings. The van der Waals surface area contributed by atoms with Gasteiger partial charge in [0.2, 0.25) is 0 Å². The Balaban J connectivity index is 0.000000188. The number of nitriles is 4. The van der Waals surface area contributed by atoms with Crippen LogP contribution in [-0.4, -0.2) is 46.3 Å². The molecule has 0 spiro atoms. The van der Waals surface area contributed by atoms with Gasteiger partial charge in [-0.25, -0.2) is 4.98 Å². The van der Waals surface area contributed by atoms with Crippen LogP contribution in [0.25, 0.3) is 21.9 Å². The Labute approximate surface area is 411 Å². The Kier molecular flexibility index (Phi) is 15.2. The van der Waals surface area contributed by atoms with E-state index in [1.165, 1.54) is 0 Å². The fourth-order valence-corrected chi connectivity index (χ4v) is 8.43. The summed E-state index contributed by atoms with van der Waals surface area (Å²) >= 11 is 6.04. The van der Waals surface area contributed by atoms with E-state index in [1.54, 1.807) is 79.3 Å². The number of hydrogen-bond acceptors (Lipinski definition) is 10. The van der Waals surface area contributed by atoms with E-state index in [1.807, 2.05) is 79.6 Å². The number of ether oxygens (including phenoxy) is 2. The van der Waals surface area contributed by atoms with Gasteiger partial charge in [0, 0.05) is 35.9 Å². The molecule has 1 aromatic heterocycles. The molecule has 13 heteroatoms. The van der Waals surface area contributed by atoms with Crippen molar-refractivity contribution in [2.24, 2.45) is 12.0 Å². The molecule has 2 heterocycles. The summed E-state index contributed by atoms with van der Waals surface area (Å²) in [6, 6.07) is 55.5. The number of benzene rings is 7. The van der Waals surface area contributed by atoms with E-state index in [0.29, 0.717) is 57.2 Å². The largest absolute Gasteiger partial charge is 0.367 e. The van der Waals surface area contributed by atoms with Crippen molar-refractivity contribution in [2.75, 3.05) is 18.9 Å². The summed E-state index contributed by atoms with van der Waals surface area (Å²) in [5.74, 6) is -0.376. The molecule has 3 unspecified atom stereocenters. The molecule has 1 N–H and O–H groups in total. The Morgan fingerprint density at radius 2 is 1.43 bits per heavy atom. The molecular weight excluding hydrogens is 894 g/mol. The predicted molar refractivity (Wildman–Crippen MR) is 269 cm³/mol. The van der Waals surface area contributed by atoms with E-state index in [-0.39, 0.29) is 24.7 Å². The van der Waals surface area contributed by atoms with Crippen LogP contribution in [0.5, 0.6) is 0 Å². The third-order valence-electron chi connectivity index (χ3n) is 12.0. The minimum absolute atomic E-state index is 0.0432. The summed E-state index contributed by atoms with van der Waals surface area (Å²) in [7, 11) is 3.88. The highest BCUT2D eigenvalue weighted by molar-refractivity contribution is 6.31. The zero-order valence-corrected chi connectivity index (χ0v) is 39.0. The van der Waals surface area contributed by atoms with Crippen molar-refractivity contribution >= 4 is 40.3 Å². The van der Waals surface area contributed by atoms with E-state index in [4.69, 9.17) is 31.6 Å². The number of hydrogen-bond donors (Lipinski definition) is 1. The normalized spacial score (nSPS) is 13.5. The van der Waals surface area contributed by atoms with Crippen molar-refractivity contribution in [2.45, 2.75) is 31.5 Å². The first kappa shape index (κ1) is 47.6. The summed E-state index contributed by atoms with van der Waals surface area (Å²) in [5, 5.41) is 43.0. The topological polar surface area (TPSA) is 176 Å². The molecule has 70 heavy (non-hydrogen) atoms. The van der Waals surface area contributed by atoms with Gasteiger partial charge in [-0.15, -0.1) is 0 Å². The van der Waals surface area contributed by atoms with Crippen LogP contribution in [0.15, 0.2) is 169 Å². The molecule has 1 aliphatic heterocycles. The first-order chi connectivity index (χ1) is 34.2. The number of nitrogens with one attached hydrogen (secondary N) is 1. The lowest BCUT2D eigenvalue weighted by atomic mass is 9.91. The van der Waals surface area contributed by atoms with E-state index < -0.39 is 6.10 Å². The van der Waals surface area contributed by atoms with Crippen LogP contribution in [0, 0.1) is 45.3 Å². The molecule has 0 fully saturated rings. The molecular formula is C57H44ClN9O3. The van der Waals surface area contributed by atoms with Gasteiger partial charge in [-0.3, -0.25) is 9.79 Å². The number of aliphatic imine (C=N–C) groups is 1. The molecule has 342 valence electrons. The standard InChI is InChI=1S/C30H24N4O.C27H20ClN5O2/c1-34-20-33-18-29(34)30(35-19-22-11-9-21(16-31)10-12-22)24-13-14-25(17-32)28(15-24)27-8-4-6-23-5-2-3-7-26(23)27;1-33-17-31-15-25(33)26(20-8-5-18(13-29)6-9-20)35-16-21-10-7-19(14-30)11-24(21)27(34)32-23-4-2-3-22(28)12-23/h2-15,20,29-30H,18-19H2,1H3;2-12,15,17,26H,16H2,1H3,(H,32,34). The van der Waals surface area contributed by atoms with Gasteiger partial charge >= 0.3 is 0 Å². The number of anilines is 1. The van der Waals surface area contributed by atoms with Gasteiger partial charge in [-0.1, -0.05) is 96.5 Å². The molecule has 1 amide bonds. The second-order valence-electron chi connectivity index (χ2n) is 16.5. The number of imidazole rings is 1. The molecule has 7 aromatic carbocycles. The van der Waals surface area contributed by atoms with Crippen molar-refractivity contribution < 1.29 is 14.3 Å². The molecule has 0 radical (unpaired) electrons. The number of nitrogens with zero attached hydrogens (tertiary/aromatic N) is 8. The van der Waals surface area contributed by atoms with Gasteiger partial charge in [-0.2, -0.15) is 21.0 Å². The molecule has 12 nitrogen and oxygen atoms in total. The molecule has 0 saturated heterocycles. The summed E-state index contributed by atoms with van der Waals surface area (Å²) in [6.07, 6.45) is 4.50. The summed E-state index contributed by atoms with van der Waals surface area (Å²) in [6.45, 7) is 1.14. The molecule has 0 aliphatic carbocycles.